The summed E-state index contributed by atoms with van der Waals surface area (Å²) in [5.41, 5.74) is 2.49. The van der Waals surface area contributed by atoms with Crippen molar-refractivity contribution in [3.63, 3.8) is 0 Å². The highest BCUT2D eigenvalue weighted by atomic mass is 79.9. The van der Waals surface area contributed by atoms with Gasteiger partial charge in [-0.3, -0.25) is 4.79 Å². The molecule has 1 heterocycles. The van der Waals surface area contributed by atoms with Gasteiger partial charge in [-0.05, 0) is 30.3 Å². The third kappa shape index (κ3) is 4.36. The molecule has 0 fully saturated rings. The number of para-hydroxylation sites is 2. The van der Waals surface area contributed by atoms with Crippen LogP contribution in [0.4, 0.5) is 0 Å². The number of nitrogens with one attached hydrogen (secondary N) is 1. The van der Waals surface area contributed by atoms with Crippen LogP contribution >= 0.6 is 15.9 Å². The number of fused-ring (bicyclic) bond motifs is 1. The third-order valence-corrected chi connectivity index (χ3v) is 4.59. The zero-order valence-electron chi connectivity index (χ0n) is 15.9. The van der Waals surface area contributed by atoms with E-state index in [4.69, 9.17) is 14.5 Å². The van der Waals surface area contributed by atoms with Crippen molar-refractivity contribution < 1.29 is 14.3 Å². The number of ether oxygens (including phenoxy) is 2. The first-order valence-corrected chi connectivity index (χ1v) is 9.60. The van der Waals surface area contributed by atoms with Gasteiger partial charge < -0.3 is 19.4 Å². The summed E-state index contributed by atoms with van der Waals surface area (Å²) < 4.78 is 13.4. The van der Waals surface area contributed by atoms with Gasteiger partial charge >= 0.3 is 0 Å². The van der Waals surface area contributed by atoms with E-state index in [1.165, 1.54) is 0 Å². The smallest absolute Gasteiger partial charge is 0.251 e. The van der Waals surface area contributed by atoms with Crippen LogP contribution in [0.25, 0.3) is 11.0 Å². The average molecular weight is 444 g/mol. The van der Waals surface area contributed by atoms with Gasteiger partial charge in [-0.2, -0.15) is 0 Å². The Labute approximate surface area is 172 Å². The molecule has 1 N–H and O–H groups in total. The van der Waals surface area contributed by atoms with Crippen LogP contribution < -0.4 is 14.8 Å². The maximum Gasteiger partial charge on any atom is 0.251 e. The Kier molecular flexibility index (Phi) is 6.36. The number of methoxy groups -OCH3 is 2. The zero-order chi connectivity index (χ0) is 20.1. The van der Waals surface area contributed by atoms with Crippen LogP contribution in [-0.2, 0) is 13.0 Å². The van der Waals surface area contributed by atoms with Gasteiger partial charge in [-0.15, -0.1) is 0 Å². The Balaban J connectivity index is 1.71. The van der Waals surface area contributed by atoms with E-state index >= 15 is 0 Å². The van der Waals surface area contributed by atoms with Gasteiger partial charge in [0, 0.05) is 23.0 Å². The maximum absolute atomic E-state index is 12.5. The Hall–Kier alpha value is -2.80. The number of carbonyl (C=O) groups is 1. The van der Waals surface area contributed by atoms with E-state index in [1.54, 1.807) is 32.4 Å². The number of halogens is 1. The van der Waals surface area contributed by atoms with Crippen molar-refractivity contribution in [3.05, 3.63) is 64.9 Å². The van der Waals surface area contributed by atoms with Crippen molar-refractivity contribution >= 4 is 32.9 Å². The summed E-state index contributed by atoms with van der Waals surface area (Å²) in [7, 11) is 3.10. The lowest BCUT2D eigenvalue weighted by Crippen LogP contribution is -2.26. The molecule has 6 nitrogen and oxygen atoms in total. The van der Waals surface area contributed by atoms with Crippen LogP contribution in [0.1, 0.15) is 16.2 Å². The SMILES string of the molecule is C=C(Br)Cn1c(CCNC(=O)c2ccc(OC)c(OC)c2)nc2ccccc21. The number of hydrogen-bond donors (Lipinski definition) is 1. The third-order valence-electron chi connectivity index (χ3n) is 4.34. The summed E-state index contributed by atoms with van der Waals surface area (Å²) in [6.07, 6.45) is 0.605. The second-order valence-corrected chi connectivity index (χ2v) is 7.32. The molecule has 28 heavy (non-hydrogen) atoms. The van der Waals surface area contributed by atoms with Crippen molar-refractivity contribution in [1.29, 1.82) is 0 Å². The minimum absolute atomic E-state index is 0.173. The lowest BCUT2D eigenvalue weighted by Gasteiger charge is -2.11. The fraction of sp³-hybridized carbons (Fsp3) is 0.238. The second kappa shape index (κ2) is 8.93. The Morgan fingerprint density at radius 1 is 1.18 bits per heavy atom. The summed E-state index contributed by atoms with van der Waals surface area (Å²) in [6.45, 7) is 5.02. The molecule has 3 aromatic rings. The molecular formula is C21H22BrN3O3. The summed E-state index contributed by atoms with van der Waals surface area (Å²) >= 11 is 3.43. The molecule has 2 aromatic carbocycles. The van der Waals surface area contributed by atoms with Crippen LogP contribution in [0.3, 0.4) is 0 Å². The van der Waals surface area contributed by atoms with Crippen molar-refractivity contribution in [3.8, 4) is 11.5 Å². The van der Waals surface area contributed by atoms with Crippen molar-refractivity contribution in [1.82, 2.24) is 14.9 Å². The standard InChI is InChI=1S/C21H22BrN3O3/c1-14(22)13-25-17-7-5-4-6-16(17)24-20(25)10-11-23-21(26)15-8-9-18(27-2)19(12-15)28-3/h4-9,12H,1,10-11,13H2,2-3H3,(H,23,26). The van der Waals surface area contributed by atoms with Crippen molar-refractivity contribution in [2.75, 3.05) is 20.8 Å². The molecule has 0 aliphatic heterocycles. The quantitative estimate of drug-likeness (QED) is 0.572. The summed E-state index contributed by atoms with van der Waals surface area (Å²) in [5.74, 6) is 1.83. The van der Waals surface area contributed by atoms with Gasteiger partial charge in [0.05, 0.1) is 31.8 Å². The second-order valence-electron chi connectivity index (χ2n) is 6.20. The summed E-state index contributed by atoms with van der Waals surface area (Å²) in [6, 6.07) is 13.1. The minimum atomic E-state index is -0.173. The zero-order valence-corrected chi connectivity index (χ0v) is 17.5. The fourth-order valence-electron chi connectivity index (χ4n) is 3.03. The topological polar surface area (TPSA) is 65.4 Å². The molecule has 0 saturated heterocycles. The van der Waals surface area contributed by atoms with Crippen LogP contribution in [0, 0.1) is 0 Å². The van der Waals surface area contributed by atoms with Crippen molar-refractivity contribution in [2.24, 2.45) is 0 Å². The summed E-state index contributed by atoms with van der Waals surface area (Å²) in [4.78, 5) is 17.2. The normalized spacial score (nSPS) is 10.7. The van der Waals surface area contributed by atoms with E-state index in [1.807, 2.05) is 24.3 Å². The van der Waals surface area contributed by atoms with Crippen molar-refractivity contribution in [2.45, 2.75) is 13.0 Å². The number of carbonyl (C=O) groups excluding carboxylic acids is 1. The maximum atomic E-state index is 12.5. The van der Waals surface area contributed by atoms with E-state index in [0.717, 1.165) is 21.3 Å². The first-order chi connectivity index (χ1) is 13.5. The molecule has 0 saturated carbocycles. The molecule has 3 rings (SSSR count). The number of hydrogen-bond acceptors (Lipinski definition) is 4. The van der Waals surface area contributed by atoms with Gasteiger partial charge in [-0.1, -0.05) is 34.6 Å². The van der Waals surface area contributed by atoms with Crippen LogP contribution in [0.15, 0.2) is 53.5 Å². The predicted octanol–water partition coefficient (Wildman–Crippen LogP) is 3.93. The predicted molar refractivity (Wildman–Crippen MR) is 113 cm³/mol. The minimum Gasteiger partial charge on any atom is -0.493 e. The largest absolute Gasteiger partial charge is 0.493 e. The highest BCUT2D eigenvalue weighted by Gasteiger charge is 2.13. The average Bonchev–Trinajstić information content (AvgIpc) is 3.04. The number of imidazole rings is 1. The van der Waals surface area contributed by atoms with Gasteiger partial charge in [0.15, 0.2) is 11.5 Å². The highest BCUT2D eigenvalue weighted by Crippen LogP contribution is 2.27. The van der Waals surface area contributed by atoms with Gasteiger partial charge in [0.25, 0.3) is 5.91 Å². The number of allylic oxidation sites excluding steroid dienone is 1. The lowest BCUT2D eigenvalue weighted by atomic mass is 10.2. The first-order valence-electron chi connectivity index (χ1n) is 8.81. The molecule has 1 aromatic heterocycles. The molecule has 0 atom stereocenters. The molecule has 0 aliphatic carbocycles. The summed E-state index contributed by atoms with van der Waals surface area (Å²) in [5, 5.41) is 2.94. The molecule has 0 unspecified atom stereocenters. The molecule has 0 spiro atoms. The van der Waals surface area contributed by atoms with E-state index in [2.05, 4.69) is 32.4 Å². The molecule has 1 amide bonds. The number of nitrogens with zero attached hydrogens (tertiary/aromatic N) is 2. The van der Waals surface area contributed by atoms with Gasteiger partial charge in [-0.25, -0.2) is 4.98 Å². The Morgan fingerprint density at radius 3 is 2.64 bits per heavy atom. The number of rotatable bonds is 8. The van der Waals surface area contributed by atoms with E-state index in [-0.39, 0.29) is 5.91 Å². The number of aromatic nitrogens is 2. The Bertz CT molecular complexity index is 1010. The molecule has 0 bridgehead atoms. The van der Waals surface area contributed by atoms with E-state index in [0.29, 0.717) is 36.6 Å². The molecule has 0 radical (unpaired) electrons. The monoisotopic (exact) mass is 443 g/mol. The van der Waals surface area contributed by atoms with Crippen LogP contribution in [0.2, 0.25) is 0 Å². The highest BCUT2D eigenvalue weighted by molar-refractivity contribution is 9.11. The first kappa shape index (κ1) is 19.9. The fourth-order valence-corrected chi connectivity index (χ4v) is 3.28. The Morgan fingerprint density at radius 2 is 1.93 bits per heavy atom. The van der Waals surface area contributed by atoms with Crippen LogP contribution in [-0.4, -0.2) is 36.2 Å². The molecule has 0 aliphatic rings. The van der Waals surface area contributed by atoms with E-state index < -0.39 is 0 Å². The lowest BCUT2D eigenvalue weighted by molar-refractivity contribution is 0.0953. The molecule has 7 heteroatoms. The van der Waals surface area contributed by atoms with Crippen LogP contribution in [0.5, 0.6) is 11.5 Å². The number of benzene rings is 2. The molecule has 146 valence electrons. The number of amides is 1. The molecular weight excluding hydrogens is 422 g/mol. The van der Waals surface area contributed by atoms with Gasteiger partial charge in [0.2, 0.25) is 0 Å². The van der Waals surface area contributed by atoms with Gasteiger partial charge in [0.1, 0.15) is 5.82 Å². The van der Waals surface area contributed by atoms with E-state index in [9.17, 15) is 4.79 Å².